The van der Waals surface area contributed by atoms with Gasteiger partial charge in [-0.25, -0.2) is 9.97 Å². The van der Waals surface area contributed by atoms with E-state index in [0.717, 1.165) is 35.9 Å². The normalized spacial score (nSPS) is 13.0. The highest BCUT2D eigenvalue weighted by atomic mass is 32.1. The molecule has 0 spiro atoms. The van der Waals surface area contributed by atoms with E-state index in [1.807, 2.05) is 17.4 Å². The maximum absolute atomic E-state index is 4.96. The zero-order valence-electron chi connectivity index (χ0n) is 16.0. The zero-order valence-corrected chi connectivity index (χ0v) is 16.9. The van der Waals surface area contributed by atoms with Crippen molar-refractivity contribution in [1.82, 2.24) is 9.97 Å². The number of nitrogens with one attached hydrogen (secondary N) is 1. The minimum Gasteiger partial charge on any atom is -0.365 e. The Morgan fingerprint density at radius 2 is 1.75 bits per heavy atom. The Morgan fingerprint density at radius 3 is 2.57 bits per heavy atom. The molecule has 28 heavy (non-hydrogen) atoms. The number of thiophene rings is 1. The number of rotatable bonds is 5. The van der Waals surface area contributed by atoms with Crippen LogP contribution in [0.25, 0.3) is 10.2 Å². The van der Waals surface area contributed by atoms with Gasteiger partial charge >= 0.3 is 0 Å². The Balaban J connectivity index is 1.51. The van der Waals surface area contributed by atoms with Crippen LogP contribution in [-0.2, 0) is 25.8 Å². The topological polar surface area (TPSA) is 37.8 Å². The predicted octanol–water partition coefficient (Wildman–Crippen LogP) is 5.69. The van der Waals surface area contributed by atoms with Gasteiger partial charge < -0.3 is 5.32 Å². The van der Waals surface area contributed by atoms with Crippen LogP contribution in [0.4, 0.5) is 5.82 Å². The molecule has 4 heteroatoms. The third-order valence-electron chi connectivity index (χ3n) is 5.40. The van der Waals surface area contributed by atoms with Crippen LogP contribution in [-0.4, -0.2) is 9.97 Å². The van der Waals surface area contributed by atoms with Crippen molar-refractivity contribution < 1.29 is 0 Å². The molecule has 2 aromatic carbocycles. The van der Waals surface area contributed by atoms with E-state index < -0.39 is 0 Å². The van der Waals surface area contributed by atoms with Crippen LogP contribution in [0.15, 0.2) is 54.6 Å². The molecular formula is C24H23N3S. The quantitative estimate of drug-likeness (QED) is 0.479. The van der Waals surface area contributed by atoms with Crippen molar-refractivity contribution in [3.05, 3.63) is 87.6 Å². The second kappa shape index (κ2) is 7.36. The molecule has 0 saturated heterocycles. The summed E-state index contributed by atoms with van der Waals surface area (Å²) in [6.07, 6.45) is 4.34. The Kier molecular flexibility index (Phi) is 4.57. The Morgan fingerprint density at radius 1 is 0.929 bits per heavy atom. The van der Waals surface area contributed by atoms with Crippen molar-refractivity contribution in [2.45, 2.75) is 39.2 Å². The number of anilines is 1. The minimum atomic E-state index is 0.762. The van der Waals surface area contributed by atoms with Crippen LogP contribution in [0.2, 0.25) is 0 Å². The molecule has 0 saturated carbocycles. The molecule has 5 rings (SSSR count). The molecule has 1 aliphatic rings. The first-order chi connectivity index (χ1) is 13.8. The number of benzene rings is 2. The average molecular weight is 386 g/mol. The van der Waals surface area contributed by atoms with Gasteiger partial charge in [-0.1, -0.05) is 60.2 Å². The molecule has 0 atom stereocenters. The van der Waals surface area contributed by atoms with Gasteiger partial charge in [0, 0.05) is 17.8 Å². The summed E-state index contributed by atoms with van der Waals surface area (Å²) in [4.78, 5) is 12.5. The SMILES string of the molecule is Cc1ccc(CNc2nc(Cc3ccccc3)nc3sc4c(c23)CCC4)cc1. The van der Waals surface area contributed by atoms with Gasteiger partial charge in [0.1, 0.15) is 16.5 Å². The fraction of sp³-hybridized carbons (Fsp3) is 0.250. The highest BCUT2D eigenvalue weighted by molar-refractivity contribution is 7.19. The van der Waals surface area contributed by atoms with E-state index in [4.69, 9.17) is 9.97 Å². The summed E-state index contributed by atoms with van der Waals surface area (Å²) in [5.74, 6) is 1.89. The minimum absolute atomic E-state index is 0.762. The first kappa shape index (κ1) is 17.4. The number of hydrogen-bond donors (Lipinski definition) is 1. The molecule has 0 aliphatic heterocycles. The highest BCUT2D eigenvalue weighted by Gasteiger charge is 2.22. The Bertz CT molecular complexity index is 1110. The van der Waals surface area contributed by atoms with Gasteiger partial charge in [0.15, 0.2) is 0 Å². The van der Waals surface area contributed by atoms with Crippen molar-refractivity contribution >= 4 is 27.4 Å². The first-order valence-electron chi connectivity index (χ1n) is 9.91. The maximum atomic E-state index is 4.96. The monoisotopic (exact) mass is 385 g/mol. The van der Waals surface area contributed by atoms with Crippen molar-refractivity contribution in [1.29, 1.82) is 0 Å². The Labute approximate surface area is 169 Å². The van der Waals surface area contributed by atoms with Gasteiger partial charge in [-0.3, -0.25) is 0 Å². The van der Waals surface area contributed by atoms with Crippen molar-refractivity contribution in [3.8, 4) is 0 Å². The highest BCUT2D eigenvalue weighted by Crippen LogP contribution is 2.39. The van der Waals surface area contributed by atoms with E-state index >= 15 is 0 Å². The van der Waals surface area contributed by atoms with Crippen molar-refractivity contribution in [3.63, 3.8) is 0 Å². The maximum Gasteiger partial charge on any atom is 0.139 e. The number of aryl methyl sites for hydroxylation is 3. The van der Waals surface area contributed by atoms with Crippen molar-refractivity contribution in [2.24, 2.45) is 0 Å². The molecule has 0 fully saturated rings. The van der Waals surface area contributed by atoms with Crippen LogP contribution in [0, 0.1) is 6.92 Å². The standard InChI is InChI=1S/C24H23N3S/c1-16-10-12-18(13-11-16)15-25-23-22-19-8-5-9-20(19)28-24(22)27-21(26-23)14-17-6-3-2-4-7-17/h2-4,6-7,10-13H,5,8-9,14-15H2,1H3,(H,25,26,27). The van der Waals surface area contributed by atoms with Gasteiger partial charge in [-0.15, -0.1) is 11.3 Å². The molecule has 140 valence electrons. The fourth-order valence-corrected chi connectivity index (χ4v) is 5.20. The van der Waals surface area contributed by atoms with Crippen molar-refractivity contribution in [2.75, 3.05) is 5.32 Å². The summed E-state index contributed by atoms with van der Waals surface area (Å²) in [7, 11) is 0. The molecular weight excluding hydrogens is 362 g/mol. The lowest BCUT2D eigenvalue weighted by Crippen LogP contribution is -2.06. The van der Waals surface area contributed by atoms with E-state index in [2.05, 4.69) is 60.8 Å². The summed E-state index contributed by atoms with van der Waals surface area (Å²) in [5.41, 5.74) is 5.27. The van der Waals surface area contributed by atoms with Crippen LogP contribution >= 0.6 is 11.3 Å². The molecule has 4 aromatic rings. The molecule has 1 N–H and O–H groups in total. The van der Waals surface area contributed by atoms with Crippen LogP contribution in [0.1, 0.15) is 39.4 Å². The summed E-state index contributed by atoms with van der Waals surface area (Å²) >= 11 is 1.86. The molecule has 0 bridgehead atoms. The predicted molar refractivity (Wildman–Crippen MR) is 117 cm³/mol. The summed E-state index contributed by atoms with van der Waals surface area (Å²) in [5, 5.41) is 4.87. The fourth-order valence-electron chi connectivity index (χ4n) is 3.92. The molecule has 2 aromatic heterocycles. The zero-order chi connectivity index (χ0) is 18.9. The largest absolute Gasteiger partial charge is 0.365 e. The van der Waals surface area contributed by atoms with E-state index in [9.17, 15) is 0 Å². The number of fused-ring (bicyclic) bond motifs is 3. The van der Waals surface area contributed by atoms with Crippen LogP contribution in [0.3, 0.4) is 0 Å². The van der Waals surface area contributed by atoms with Gasteiger partial charge in [0.25, 0.3) is 0 Å². The van der Waals surface area contributed by atoms with Gasteiger partial charge in [0.05, 0.1) is 5.39 Å². The van der Waals surface area contributed by atoms with E-state index in [1.165, 1.54) is 45.4 Å². The van der Waals surface area contributed by atoms with Gasteiger partial charge in [0.2, 0.25) is 0 Å². The second-order valence-corrected chi connectivity index (χ2v) is 8.61. The smallest absolute Gasteiger partial charge is 0.139 e. The first-order valence-corrected chi connectivity index (χ1v) is 10.7. The molecule has 1 aliphatic carbocycles. The summed E-state index contributed by atoms with van der Waals surface area (Å²) < 4.78 is 0. The lowest BCUT2D eigenvalue weighted by atomic mass is 10.1. The third kappa shape index (κ3) is 3.40. The number of aromatic nitrogens is 2. The number of nitrogens with zero attached hydrogens (tertiary/aromatic N) is 2. The molecule has 0 unspecified atom stereocenters. The van der Waals surface area contributed by atoms with Crippen LogP contribution < -0.4 is 5.32 Å². The molecule has 0 amide bonds. The third-order valence-corrected chi connectivity index (χ3v) is 6.58. The lowest BCUT2D eigenvalue weighted by molar-refractivity contribution is 0.915. The molecule has 2 heterocycles. The average Bonchev–Trinajstić information content (AvgIpc) is 3.29. The summed E-state index contributed by atoms with van der Waals surface area (Å²) in [6, 6.07) is 19.2. The number of hydrogen-bond acceptors (Lipinski definition) is 4. The Hall–Kier alpha value is -2.72. The second-order valence-electron chi connectivity index (χ2n) is 7.53. The van der Waals surface area contributed by atoms with Gasteiger partial charge in [-0.2, -0.15) is 0 Å². The molecule has 0 radical (unpaired) electrons. The van der Waals surface area contributed by atoms with Gasteiger partial charge in [-0.05, 0) is 42.9 Å². The lowest BCUT2D eigenvalue weighted by Gasteiger charge is -2.11. The van der Waals surface area contributed by atoms with E-state index in [-0.39, 0.29) is 0 Å². The summed E-state index contributed by atoms with van der Waals surface area (Å²) in [6.45, 7) is 2.90. The van der Waals surface area contributed by atoms with Crippen LogP contribution in [0.5, 0.6) is 0 Å². The molecule has 3 nitrogen and oxygen atoms in total. The van der Waals surface area contributed by atoms with E-state index in [1.54, 1.807) is 0 Å². The van der Waals surface area contributed by atoms with E-state index in [0.29, 0.717) is 0 Å².